The SMILES string of the molecule is Cn1cc(NC(=O)[C@H]2O[C@@H](n3cc(-c4ccn(C)n4)c4c(N)ncnc43)[C@H](O)[C@@H]2O)cn1. The lowest BCUT2D eigenvalue weighted by Gasteiger charge is -2.17. The van der Waals surface area contributed by atoms with Crippen molar-refractivity contribution in [1.29, 1.82) is 0 Å². The number of aliphatic hydroxyl groups excluding tert-OH is 2. The molecule has 0 radical (unpaired) electrons. The molecule has 32 heavy (non-hydrogen) atoms. The van der Waals surface area contributed by atoms with Gasteiger partial charge in [0.05, 0.1) is 23.0 Å². The predicted octanol–water partition coefficient (Wildman–Crippen LogP) is -0.595. The normalized spacial score (nSPS) is 23.1. The Morgan fingerprint density at radius 3 is 2.69 bits per heavy atom. The molecule has 0 aromatic carbocycles. The van der Waals surface area contributed by atoms with E-state index >= 15 is 0 Å². The Bertz CT molecular complexity index is 1310. The number of nitrogens with zero attached hydrogens (tertiary/aromatic N) is 7. The number of hydrogen-bond donors (Lipinski definition) is 4. The van der Waals surface area contributed by atoms with E-state index in [0.29, 0.717) is 28.0 Å². The van der Waals surface area contributed by atoms with Crippen LogP contribution in [0.2, 0.25) is 0 Å². The number of fused-ring (bicyclic) bond motifs is 1. The van der Waals surface area contributed by atoms with Crippen LogP contribution < -0.4 is 11.1 Å². The molecule has 1 aliphatic heterocycles. The summed E-state index contributed by atoms with van der Waals surface area (Å²) in [5, 5.41) is 32.8. The first-order valence-electron chi connectivity index (χ1n) is 9.75. The number of aliphatic hydroxyl groups is 2. The van der Waals surface area contributed by atoms with Crippen molar-refractivity contribution in [3.05, 3.63) is 37.2 Å². The summed E-state index contributed by atoms with van der Waals surface area (Å²) in [6.45, 7) is 0. The van der Waals surface area contributed by atoms with Crippen LogP contribution in [0.15, 0.2) is 37.2 Å². The van der Waals surface area contributed by atoms with E-state index in [0.717, 1.165) is 0 Å². The summed E-state index contributed by atoms with van der Waals surface area (Å²) in [5.74, 6) is -0.379. The third-order valence-corrected chi connectivity index (χ3v) is 5.37. The summed E-state index contributed by atoms with van der Waals surface area (Å²) >= 11 is 0. The van der Waals surface area contributed by atoms with Crippen molar-refractivity contribution in [2.24, 2.45) is 14.1 Å². The van der Waals surface area contributed by atoms with Crippen molar-refractivity contribution < 1.29 is 19.7 Å². The molecule has 0 aliphatic carbocycles. The summed E-state index contributed by atoms with van der Waals surface area (Å²) in [4.78, 5) is 21.0. The highest BCUT2D eigenvalue weighted by molar-refractivity contribution is 6.00. The van der Waals surface area contributed by atoms with Crippen LogP contribution in [-0.2, 0) is 23.6 Å². The highest BCUT2D eigenvalue weighted by atomic mass is 16.6. The second-order valence-corrected chi connectivity index (χ2v) is 7.60. The summed E-state index contributed by atoms with van der Waals surface area (Å²) in [7, 11) is 3.49. The second-order valence-electron chi connectivity index (χ2n) is 7.60. The van der Waals surface area contributed by atoms with Crippen LogP contribution in [0, 0.1) is 0 Å². The monoisotopic (exact) mass is 439 g/mol. The summed E-state index contributed by atoms with van der Waals surface area (Å²) in [6, 6.07) is 1.80. The quantitative estimate of drug-likeness (QED) is 0.324. The van der Waals surface area contributed by atoms with Crippen molar-refractivity contribution in [2.75, 3.05) is 11.1 Å². The zero-order valence-electron chi connectivity index (χ0n) is 17.2. The summed E-state index contributed by atoms with van der Waals surface area (Å²) < 4.78 is 10.5. The molecule has 13 heteroatoms. The predicted molar refractivity (Wildman–Crippen MR) is 112 cm³/mol. The standard InChI is InChI=1S/C19H21N9O4/c1-26-4-3-11(25-26)10-7-28(17-12(10)16(20)21-8-22-17)19-14(30)13(29)15(32-19)18(31)24-9-5-23-27(2)6-9/h3-8,13-15,19,29-30H,1-2H3,(H,24,31)(H2,20,21,22)/t13-,14+,15-,19+/m0/s1. The van der Waals surface area contributed by atoms with Gasteiger partial charge in [-0.1, -0.05) is 0 Å². The first-order chi connectivity index (χ1) is 15.3. The Kier molecular flexibility index (Phi) is 4.65. The van der Waals surface area contributed by atoms with Gasteiger partial charge >= 0.3 is 0 Å². The average molecular weight is 439 g/mol. The second kappa shape index (κ2) is 7.40. The molecule has 1 fully saturated rings. The third-order valence-electron chi connectivity index (χ3n) is 5.37. The first-order valence-corrected chi connectivity index (χ1v) is 9.75. The van der Waals surface area contributed by atoms with Gasteiger partial charge in [0, 0.05) is 38.2 Å². The molecule has 5 rings (SSSR count). The molecule has 1 aliphatic rings. The van der Waals surface area contributed by atoms with Crippen LogP contribution in [0.4, 0.5) is 11.5 Å². The van der Waals surface area contributed by atoms with Crippen molar-refractivity contribution in [2.45, 2.75) is 24.5 Å². The average Bonchev–Trinajstić information content (AvgIpc) is 3.51. The molecular weight excluding hydrogens is 418 g/mol. The molecule has 0 spiro atoms. The molecule has 0 saturated carbocycles. The molecule has 5 N–H and O–H groups in total. The highest BCUT2D eigenvalue weighted by Gasteiger charge is 2.48. The number of carbonyl (C=O) groups is 1. The number of nitrogen functional groups attached to an aromatic ring is 1. The van der Waals surface area contributed by atoms with Crippen LogP contribution in [-0.4, -0.2) is 68.5 Å². The number of ether oxygens (including phenoxy) is 1. The Hall–Kier alpha value is -3.81. The van der Waals surface area contributed by atoms with Crippen LogP contribution in [0.25, 0.3) is 22.3 Å². The van der Waals surface area contributed by atoms with E-state index in [9.17, 15) is 15.0 Å². The lowest BCUT2D eigenvalue weighted by atomic mass is 10.1. The van der Waals surface area contributed by atoms with E-state index in [1.165, 1.54) is 21.8 Å². The number of rotatable bonds is 4. The molecule has 5 heterocycles. The number of carbonyl (C=O) groups excluding carboxylic acids is 1. The molecule has 0 bridgehead atoms. The van der Waals surface area contributed by atoms with E-state index in [-0.39, 0.29) is 5.82 Å². The van der Waals surface area contributed by atoms with Gasteiger partial charge < -0.3 is 30.6 Å². The number of aryl methyl sites for hydroxylation is 2. The summed E-state index contributed by atoms with van der Waals surface area (Å²) in [5.41, 5.74) is 8.19. The van der Waals surface area contributed by atoms with Gasteiger partial charge in [0.2, 0.25) is 0 Å². The molecule has 1 saturated heterocycles. The highest BCUT2D eigenvalue weighted by Crippen LogP contribution is 2.38. The minimum atomic E-state index is -1.47. The Balaban J connectivity index is 1.51. The number of amides is 1. The Morgan fingerprint density at radius 1 is 1.19 bits per heavy atom. The number of nitrogens with two attached hydrogens (primary N) is 1. The fourth-order valence-electron chi connectivity index (χ4n) is 3.86. The van der Waals surface area contributed by atoms with Gasteiger partial charge in [0.15, 0.2) is 12.3 Å². The van der Waals surface area contributed by atoms with Crippen molar-refractivity contribution in [3.63, 3.8) is 0 Å². The van der Waals surface area contributed by atoms with Crippen molar-refractivity contribution >= 4 is 28.4 Å². The smallest absolute Gasteiger partial charge is 0.256 e. The lowest BCUT2D eigenvalue weighted by molar-refractivity contribution is -0.132. The largest absolute Gasteiger partial charge is 0.387 e. The maximum Gasteiger partial charge on any atom is 0.256 e. The molecular formula is C19H21N9O4. The number of aromatic nitrogens is 7. The number of hydrogen-bond acceptors (Lipinski definition) is 9. The Labute approximate surface area is 181 Å². The van der Waals surface area contributed by atoms with Crippen LogP contribution in [0.5, 0.6) is 0 Å². The van der Waals surface area contributed by atoms with E-state index in [4.69, 9.17) is 10.5 Å². The van der Waals surface area contributed by atoms with Crippen molar-refractivity contribution in [1.82, 2.24) is 34.1 Å². The van der Waals surface area contributed by atoms with Gasteiger partial charge in [-0.15, -0.1) is 0 Å². The number of anilines is 2. The minimum Gasteiger partial charge on any atom is -0.387 e. The minimum absolute atomic E-state index is 0.230. The van der Waals surface area contributed by atoms with Gasteiger partial charge in [-0.05, 0) is 6.07 Å². The first kappa shape index (κ1) is 20.1. The zero-order chi connectivity index (χ0) is 22.6. The third kappa shape index (κ3) is 3.19. The topological polar surface area (TPSA) is 171 Å². The van der Waals surface area contributed by atoms with Gasteiger partial charge in [0.1, 0.15) is 30.0 Å². The van der Waals surface area contributed by atoms with Gasteiger partial charge in [-0.2, -0.15) is 10.2 Å². The van der Waals surface area contributed by atoms with Crippen molar-refractivity contribution in [3.8, 4) is 11.3 Å². The molecule has 166 valence electrons. The molecule has 0 unspecified atom stereocenters. The fourth-order valence-corrected chi connectivity index (χ4v) is 3.86. The summed E-state index contributed by atoms with van der Waals surface area (Å²) in [6.07, 6.45) is 2.53. The van der Waals surface area contributed by atoms with E-state index in [1.54, 1.807) is 43.4 Å². The lowest BCUT2D eigenvalue weighted by Crippen LogP contribution is -2.39. The van der Waals surface area contributed by atoms with E-state index in [1.807, 2.05) is 0 Å². The molecule has 13 nitrogen and oxygen atoms in total. The van der Waals surface area contributed by atoms with Gasteiger partial charge in [-0.25, -0.2) is 9.97 Å². The Morgan fingerprint density at radius 2 is 2.00 bits per heavy atom. The fraction of sp³-hybridized carbons (Fsp3) is 0.316. The van der Waals surface area contributed by atoms with Gasteiger partial charge in [0.25, 0.3) is 5.91 Å². The molecule has 4 atom stereocenters. The maximum absolute atomic E-state index is 12.7. The van der Waals surface area contributed by atoms with E-state index < -0.39 is 30.4 Å². The maximum atomic E-state index is 12.7. The van der Waals surface area contributed by atoms with Crippen LogP contribution in [0.1, 0.15) is 6.23 Å². The molecule has 4 aromatic heterocycles. The number of nitrogens with one attached hydrogen (secondary N) is 1. The van der Waals surface area contributed by atoms with E-state index in [2.05, 4.69) is 25.5 Å². The zero-order valence-corrected chi connectivity index (χ0v) is 17.2. The van der Waals surface area contributed by atoms with Crippen LogP contribution >= 0.6 is 0 Å². The molecule has 4 aromatic rings. The van der Waals surface area contributed by atoms with Crippen LogP contribution in [0.3, 0.4) is 0 Å². The molecule has 1 amide bonds. The van der Waals surface area contributed by atoms with Gasteiger partial charge in [-0.3, -0.25) is 14.2 Å².